The molecule has 0 spiro atoms. The van der Waals surface area contributed by atoms with Crippen LogP contribution in [0, 0.1) is 0 Å². The second-order valence-corrected chi connectivity index (χ2v) is 6.54. The summed E-state index contributed by atoms with van der Waals surface area (Å²) in [6, 6.07) is 8.37. The van der Waals surface area contributed by atoms with E-state index in [1.807, 2.05) is 35.8 Å². The summed E-state index contributed by atoms with van der Waals surface area (Å²) in [4.78, 5) is 13.8. The molecule has 1 aliphatic heterocycles. The van der Waals surface area contributed by atoms with E-state index >= 15 is 0 Å². The third kappa shape index (κ3) is 2.60. The zero-order valence-electron chi connectivity index (χ0n) is 12.5. The molecule has 22 heavy (non-hydrogen) atoms. The van der Waals surface area contributed by atoms with Crippen molar-refractivity contribution in [1.29, 1.82) is 0 Å². The highest BCUT2D eigenvalue weighted by atomic mass is 32.1. The van der Waals surface area contributed by atoms with Gasteiger partial charge >= 0.3 is 0 Å². The minimum absolute atomic E-state index is 0.448. The summed E-state index contributed by atoms with van der Waals surface area (Å²) in [5, 5.41) is 3.15. The van der Waals surface area contributed by atoms with Crippen LogP contribution in [-0.4, -0.2) is 40.5 Å². The summed E-state index contributed by atoms with van der Waals surface area (Å²) in [5.74, 6) is 0.802. The Hall–Kier alpha value is -1.92. The maximum absolute atomic E-state index is 5.83. The molecule has 0 N–H and O–H groups in total. The first kappa shape index (κ1) is 13.7. The van der Waals surface area contributed by atoms with Crippen molar-refractivity contribution in [2.45, 2.75) is 19.5 Å². The third-order valence-corrected chi connectivity index (χ3v) is 4.88. The Morgan fingerprint density at radius 2 is 2.23 bits per heavy atom. The van der Waals surface area contributed by atoms with Gasteiger partial charge in [-0.2, -0.15) is 0 Å². The average molecular weight is 314 g/mol. The number of hydrogen-bond acceptors (Lipinski definition) is 6. The lowest BCUT2D eigenvalue weighted by atomic mass is 10.2. The first-order valence-corrected chi connectivity index (χ1v) is 8.40. The molecule has 2 aromatic heterocycles. The van der Waals surface area contributed by atoms with Crippen LogP contribution in [0.4, 0.5) is 5.13 Å². The van der Waals surface area contributed by atoms with E-state index < -0.39 is 0 Å². The molecule has 1 aliphatic rings. The maximum atomic E-state index is 5.83. The van der Waals surface area contributed by atoms with Crippen LogP contribution in [0.1, 0.15) is 12.8 Å². The number of nitrogens with zero attached hydrogens (tertiary/aromatic N) is 4. The average Bonchev–Trinajstić information content (AvgIpc) is 3.15. The van der Waals surface area contributed by atoms with Crippen molar-refractivity contribution in [3.8, 4) is 0 Å². The molecule has 0 radical (unpaired) electrons. The molecule has 114 valence electrons. The summed E-state index contributed by atoms with van der Waals surface area (Å²) in [7, 11) is 0. The van der Waals surface area contributed by atoms with E-state index in [1.54, 1.807) is 11.3 Å². The number of para-hydroxylation sites is 2. The zero-order valence-corrected chi connectivity index (χ0v) is 13.3. The zero-order chi connectivity index (χ0) is 14.9. The molecule has 1 atom stereocenters. The van der Waals surface area contributed by atoms with Crippen LogP contribution in [0.25, 0.3) is 11.1 Å². The number of anilines is 1. The third-order valence-electron chi connectivity index (χ3n) is 4.07. The van der Waals surface area contributed by atoms with E-state index in [0.717, 1.165) is 48.3 Å². The number of piperazine rings is 1. The molecule has 0 amide bonds. The second kappa shape index (κ2) is 5.70. The van der Waals surface area contributed by atoms with Crippen LogP contribution in [0.2, 0.25) is 0 Å². The fourth-order valence-corrected chi connectivity index (χ4v) is 3.77. The number of rotatable bonds is 3. The number of aromatic nitrogens is 2. The molecule has 0 aliphatic carbocycles. The predicted octanol–water partition coefficient (Wildman–Crippen LogP) is 3.00. The van der Waals surface area contributed by atoms with Crippen LogP contribution in [-0.2, 0) is 6.54 Å². The largest absolute Gasteiger partial charge is 0.439 e. The highest BCUT2D eigenvalue weighted by molar-refractivity contribution is 7.13. The quantitative estimate of drug-likeness (QED) is 0.743. The molecule has 4 rings (SSSR count). The van der Waals surface area contributed by atoms with Crippen molar-refractivity contribution < 1.29 is 4.42 Å². The molecule has 1 aromatic carbocycles. The molecular formula is C16H18N4OS. The van der Waals surface area contributed by atoms with Crippen molar-refractivity contribution in [1.82, 2.24) is 14.9 Å². The second-order valence-electron chi connectivity index (χ2n) is 5.67. The fourth-order valence-electron chi connectivity index (χ4n) is 3.00. The topological polar surface area (TPSA) is 45.4 Å². The van der Waals surface area contributed by atoms with Gasteiger partial charge in [-0.15, -0.1) is 11.3 Å². The molecule has 1 unspecified atom stereocenters. The smallest absolute Gasteiger partial charge is 0.209 e. The number of oxazole rings is 1. The van der Waals surface area contributed by atoms with E-state index in [1.165, 1.54) is 0 Å². The molecule has 3 heterocycles. The predicted molar refractivity (Wildman–Crippen MR) is 88.2 cm³/mol. The van der Waals surface area contributed by atoms with E-state index in [9.17, 15) is 0 Å². The number of fused-ring (bicyclic) bond motifs is 1. The van der Waals surface area contributed by atoms with E-state index in [2.05, 4.69) is 26.7 Å². The molecule has 0 bridgehead atoms. The lowest BCUT2D eigenvalue weighted by Gasteiger charge is -2.39. The summed E-state index contributed by atoms with van der Waals surface area (Å²) >= 11 is 1.71. The van der Waals surface area contributed by atoms with Gasteiger partial charge < -0.3 is 9.32 Å². The van der Waals surface area contributed by atoms with Gasteiger partial charge in [-0.1, -0.05) is 12.1 Å². The maximum Gasteiger partial charge on any atom is 0.209 e. The van der Waals surface area contributed by atoms with Crippen molar-refractivity contribution in [3.05, 3.63) is 41.7 Å². The summed E-state index contributed by atoms with van der Waals surface area (Å²) in [6.45, 7) is 6.01. The Morgan fingerprint density at radius 1 is 1.32 bits per heavy atom. The first-order valence-electron chi connectivity index (χ1n) is 7.52. The molecular weight excluding hydrogens is 296 g/mol. The lowest BCUT2D eigenvalue weighted by molar-refractivity contribution is 0.203. The van der Waals surface area contributed by atoms with Crippen molar-refractivity contribution in [3.63, 3.8) is 0 Å². The lowest BCUT2D eigenvalue weighted by Crippen LogP contribution is -2.51. The Bertz CT molecular complexity index is 721. The van der Waals surface area contributed by atoms with Crippen LogP contribution in [0.5, 0.6) is 0 Å². The van der Waals surface area contributed by atoms with Gasteiger partial charge in [-0.25, -0.2) is 9.97 Å². The van der Waals surface area contributed by atoms with Gasteiger partial charge in [-0.3, -0.25) is 4.90 Å². The SMILES string of the molecule is CC1CN(Cc2nc3ccccc3o2)CCN1c1nccs1. The Balaban J connectivity index is 1.44. The first-order chi connectivity index (χ1) is 10.8. The van der Waals surface area contributed by atoms with Gasteiger partial charge in [-0.05, 0) is 19.1 Å². The number of hydrogen-bond donors (Lipinski definition) is 0. The van der Waals surface area contributed by atoms with E-state index in [0.29, 0.717) is 6.04 Å². The van der Waals surface area contributed by atoms with Gasteiger partial charge in [0.25, 0.3) is 0 Å². The van der Waals surface area contributed by atoms with Crippen LogP contribution >= 0.6 is 11.3 Å². The highest BCUT2D eigenvalue weighted by Crippen LogP contribution is 2.24. The van der Waals surface area contributed by atoms with Gasteiger partial charge in [0, 0.05) is 37.3 Å². The summed E-state index contributed by atoms with van der Waals surface area (Å²) in [5.41, 5.74) is 1.80. The Kier molecular flexibility index (Phi) is 3.56. The number of benzene rings is 1. The summed E-state index contributed by atoms with van der Waals surface area (Å²) < 4.78 is 5.83. The normalized spacial score (nSPS) is 19.9. The Labute approximate surface area is 133 Å². The standard InChI is InChI=1S/C16H18N4OS/c1-12-10-19(7-8-20(12)16-17-6-9-22-16)11-15-18-13-4-2-3-5-14(13)21-15/h2-6,9,12H,7-8,10-11H2,1H3. The molecule has 6 heteroatoms. The van der Waals surface area contributed by atoms with Crippen molar-refractivity contribution >= 4 is 27.6 Å². The van der Waals surface area contributed by atoms with E-state index in [4.69, 9.17) is 4.42 Å². The monoisotopic (exact) mass is 314 g/mol. The highest BCUT2D eigenvalue weighted by Gasteiger charge is 2.26. The van der Waals surface area contributed by atoms with Gasteiger partial charge in [0.1, 0.15) is 5.52 Å². The van der Waals surface area contributed by atoms with E-state index in [-0.39, 0.29) is 0 Å². The molecule has 0 saturated carbocycles. The van der Waals surface area contributed by atoms with Gasteiger partial charge in [0.15, 0.2) is 10.7 Å². The summed E-state index contributed by atoms with van der Waals surface area (Å²) in [6.07, 6.45) is 1.87. The Morgan fingerprint density at radius 3 is 3.00 bits per heavy atom. The number of thiazole rings is 1. The minimum atomic E-state index is 0.448. The molecule has 3 aromatic rings. The fraction of sp³-hybridized carbons (Fsp3) is 0.375. The van der Waals surface area contributed by atoms with Crippen LogP contribution < -0.4 is 4.90 Å². The van der Waals surface area contributed by atoms with Crippen molar-refractivity contribution in [2.75, 3.05) is 24.5 Å². The molecule has 1 fully saturated rings. The molecule has 1 saturated heterocycles. The van der Waals surface area contributed by atoms with Gasteiger partial charge in [0.05, 0.1) is 6.54 Å². The van der Waals surface area contributed by atoms with Crippen molar-refractivity contribution in [2.24, 2.45) is 0 Å². The van der Waals surface area contributed by atoms with Crippen LogP contribution in [0.15, 0.2) is 40.3 Å². The molecule has 5 nitrogen and oxygen atoms in total. The van der Waals surface area contributed by atoms with Crippen LogP contribution in [0.3, 0.4) is 0 Å². The minimum Gasteiger partial charge on any atom is -0.439 e. The van der Waals surface area contributed by atoms with Gasteiger partial charge in [0.2, 0.25) is 5.89 Å².